The first-order chi connectivity index (χ1) is 9.67. The van der Waals surface area contributed by atoms with Gasteiger partial charge in [-0.2, -0.15) is 11.8 Å². The van der Waals surface area contributed by atoms with E-state index in [-0.39, 0.29) is 6.04 Å². The van der Waals surface area contributed by atoms with Crippen LogP contribution < -0.4 is 5.73 Å². The summed E-state index contributed by atoms with van der Waals surface area (Å²) in [6.45, 7) is 3.53. The minimum Gasteiger partial charge on any atom is -0.380 e. The summed E-state index contributed by atoms with van der Waals surface area (Å²) in [6, 6.07) is 9.39. The van der Waals surface area contributed by atoms with E-state index in [9.17, 15) is 0 Å². The van der Waals surface area contributed by atoms with Gasteiger partial charge in [-0.25, -0.2) is 0 Å². The Kier molecular flexibility index (Phi) is 8.22. The van der Waals surface area contributed by atoms with Crippen LogP contribution in [0.15, 0.2) is 24.3 Å². The van der Waals surface area contributed by atoms with Crippen LogP contribution in [0.25, 0.3) is 0 Å². The van der Waals surface area contributed by atoms with Crippen molar-refractivity contribution in [3.63, 3.8) is 0 Å². The lowest BCUT2D eigenvalue weighted by Crippen LogP contribution is -2.39. The van der Waals surface area contributed by atoms with Gasteiger partial charge in [-0.3, -0.25) is 4.90 Å². The molecule has 0 radical (unpaired) electrons. The first-order valence-corrected chi connectivity index (χ1v) is 8.56. The van der Waals surface area contributed by atoms with Gasteiger partial charge < -0.3 is 10.5 Å². The normalized spacial score (nSPS) is 14.5. The second-order valence-corrected chi connectivity index (χ2v) is 6.02. The van der Waals surface area contributed by atoms with Crippen LogP contribution in [0.2, 0.25) is 0 Å². The highest BCUT2D eigenvalue weighted by Crippen LogP contribution is 2.24. The lowest BCUT2D eigenvalue weighted by atomic mass is 10.0. The van der Waals surface area contributed by atoms with Gasteiger partial charge in [0.1, 0.15) is 0 Å². The summed E-state index contributed by atoms with van der Waals surface area (Å²) in [7, 11) is 3.91. The fourth-order valence-corrected chi connectivity index (χ4v) is 3.42. The van der Waals surface area contributed by atoms with Crippen LogP contribution in [-0.2, 0) is 11.3 Å². The van der Waals surface area contributed by atoms with Crippen LogP contribution in [0, 0.1) is 0 Å². The lowest BCUT2D eigenvalue weighted by molar-refractivity contribution is 0.181. The Morgan fingerprint density at radius 1 is 1.40 bits per heavy atom. The zero-order valence-electron chi connectivity index (χ0n) is 13.1. The van der Waals surface area contributed by atoms with E-state index in [0.717, 1.165) is 12.2 Å². The monoisotopic (exact) mass is 296 g/mol. The summed E-state index contributed by atoms with van der Waals surface area (Å²) in [6.07, 6.45) is 3.30. The second-order valence-electron chi connectivity index (χ2n) is 5.11. The molecule has 3 nitrogen and oxygen atoms in total. The van der Waals surface area contributed by atoms with Crippen LogP contribution in [0.3, 0.4) is 0 Å². The van der Waals surface area contributed by atoms with Gasteiger partial charge in [-0.05, 0) is 30.9 Å². The van der Waals surface area contributed by atoms with Crippen molar-refractivity contribution in [3.8, 4) is 0 Å². The number of thioether (sulfide) groups is 1. The van der Waals surface area contributed by atoms with Gasteiger partial charge in [0.25, 0.3) is 0 Å². The Bertz CT molecular complexity index is 386. The van der Waals surface area contributed by atoms with E-state index in [1.807, 2.05) is 11.8 Å². The molecule has 0 saturated heterocycles. The molecule has 0 amide bonds. The van der Waals surface area contributed by atoms with Crippen LogP contribution >= 0.6 is 11.8 Å². The second kappa shape index (κ2) is 9.40. The average molecular weight is 296 g/mol. The SMILES string of the molecule is CCC(CSC)N(C)C(CN)c1cccc(COC)c1. The molecule has 1 aromatic rings. The fraction of sp³-hybridized carbons (Fsp3) is 0.625. The molecule has 2 unspecified atom stereocenters. The van der Waals surface area contributed by atoms with E-state index < -0.39 is 0 Å². The largest absolute Gasteiger partial charge is 0.380 e. The molecule has 0 aliphatic heterocycles. The molecule has 2 N–H and O–H groups in total. The van der Waals surface area contributed by atoms with Crippen molar-refractivity contribution >= 4 is 11.8 Å². The highest BCUT2D eigenvalue weighted by molar-refractivity contribution is 7.98. The quantitative estimate of drug-likeness (QED) is 0.760. The molecule has 114 valence electrons. The summed E-state index contributed by atoms with van der Waals surface area (Å²) in [5.41, 5.74) is 8.52. The molecule has 20 heavy (non-hydrogen) atoms. The molecular weight excluding hydrogens is 268 g/mol. The number of hydrogen-bond donors (Lipinski definition) is 1. The van der Waals surface area contributed by atoms with Crippen LogP contribution in [0.5, 0.6) is 0 Å². The molecule has 0 aliphatic rings. The van der Waals surface area contributed by atoms with Crippen LogP contribution in [0.1, 0.15) is 30.5 Å². The van der Waals surface area contributed by atoms with Crippen molar-refractivity contribution in [1.82, 2.24) is 4.90 Å². The third-order valence-corrected chi connectivity index (χ3v) is 4.49. The number of methoxy groups -OCH3 is 1. The molecule has 2 atom stereocenters. The molecule has 1 rings (SSSR count). The summed E-state index contributed by atoms with van der Waals surface area (Å²) in [5.74, 6) is 1.14. The van der Waals surface area contributed by atoms with Crippen molar-refractivity contribution in [2.75, 3.05) is 32.7 Å². The predicted molar refractivity (Wildman–Crippen MR) is 89.2 cm³/mol. The Labute approximate surface area is 127 Å². The third kappa shape index (κ3) is 4.77. The number of rotatable bonds is 9. The van der Waals surface area contributed by atoms with Gasteiger partial charge in [0.05, 0.1) is 6.61 Å². The molecule has 0 aromatic heterocycles. The van der Waals surface area contributed by atoms with E-state index in [4.69, 9.17) is 10.5 Å². The smallest absolute Gasteiger partial charge is 0.0713 e. The van der Waals surface area contributed by atoms with Gasteiger partial charge in [-0.1, -0.05) is 31.2 Å². The predicted octanol–water partition coefficient (Wildman–Crippen LogP) is 2.91. The molecule has 4 heteroatoms. The summed E-state index contributed by atoms with van der Waals surface area (Å²) in [4.78, 5) is 2.42. The van der Waals surface area contributed by atoms with Crippen molar-refractivity contribution in [2.45, 2.75) is 32.0 Å². The lowest BCUT2D eigenvalue weighted by Gasteiger charge is -2.34. The first-order valence-electron chi connectivity index (χ1n) is 7.16. The standard InChI is InChI=1S/C16H28N2OS/c1-5-15(12-20-4)18(2)16(10-17)14-8-6-7-13(9-14)11-19-3/h6-9,15-16H,5,10-12,17H2,1-4H3. The number of nitrogens with zero attached hydrogens (tertiary/aromatic N) is 1. The van der Waals surface area contributed by atoms with Gasteiger partial charge in [0.2, 0.25) is 0 Å². The van der Waals surface area contributed by atoms with E-state index in [0.29, 0.717) is 19.2 Å². The number of likely N-dealkylation sites (N-methyl/N-ethyl adjacent to an activating group) is 1. The Balaban J connectivity index is 2.90. The molecular formula is C16H28N2OS. The molecule has 0 fully saturated rings. The Morgan fingerprint density at radius 3 is 2.70 bits per heavy atom. The van der Waals surface area contributed by atoms with Crippen molar-refractivity contribution in [3.05, 3.63) is 35.4 Å². The van der Waals surface area contributed by atoms with E-state index in [1.165, 1.54) is 11.1 Å². The van der Waals surface area contributed by atoms with Crippen molar-refractivity contribution in [2.24, 2.45) is 5.73 Å². The number of benzene rings is 1. The average Bonchev–Trinajstić information content (AvgIpc) is 2.46. The van der Waals surface area contributed by atoms with E-state index >= 15 is 0 Å². The zero-order valence-corrected chi connectivity index (χ0v) is 14.0. The molecule has 0 aliphatic carbocycles. The summed E-state index contributed by atoms with van der Waals surface area (Å²) < 4.78 is 5.22. The molecule has 1 aromatic carbocycles. The Hall–Kier alpha value is -0.550. The maximum atomic E-state index is 6.04. The fourth-order valence-electron chi connectivity index (χ4n) is 2.56. The summed E-state index contributed by atoms with van der Waals surface area (Å²) >= 11 is 1.89. The zero-order chi connectivity index (χ0) is 15.0. The van der Waals surface area contributed by atoms with E-state index in [2.05, 4.69) is 49.4 Å². The topological polar surface area (TPSA) is 38.5 Å². The van der Waals surface area contributed by atoms with Gasteiger partial charge >= 0.3 is 0 Å². The maximum Gasteiger partial charge on any atom is 0.0713 e. The minimum absolute atomic E-state index is 0.268. The highest BCUT2D eigenvalue weighted by atomic mass is 32.2. The molecule has 0 saturated carbocycles. The minimum atomic E-state index is 0.268. The first kappa shape index (κ1) is 17.5. The highest BCUT2D eigenvalue weighted by Gasteiger charge is 2.22. The number of hydrogen-bond acceptors (Lipinski definition) is 4. The van der Waals surface area contributed by atoms with E-state index in [1.54, 1.807) is 7.11 Å². The Morgan fingerprint density at radius 2 is 2.15 bits per heavy atom. The molecule has 0 heterocycles. The maximum absolute atomic E-state index is 6.04. The van der Waals surface area contributed by atoms with Crippen LogP contribution in [-0.4, -0.2) is 43.7 Å². The van der Waals surface area contributed by atoms with Crippen LogP contribution in [0.4, 0.5) is 0 Å². The van der Waals surface area contributed by atoms with Gasteiger partial charge in [-0.15, -0.1) is 0 Å². The van der Waals surface area contributed by atoms with Crippen molar-refractivity contribution in [1.29, 1.82) is 0 Å². The molecule has 0 bridgehead atoms. The van der Waals surface area contributed by atoms with Gasteiger partial charge in [0, 0.05) is 31.5 Å². The van der Waals surface area contributed by atoms with Crippen molar-refractivity contribution < 1.29 is 4.74 Å². The third-order valence-electron chi connectivity index (χ3n) is 3.77. The number of ether oxygens (including phenoxy) is 1. The summed E-state index contributed by atoms with van der Waals surface area (Å²) in [5, 5.41) is 0. The molecule has 0 spiro atoms. The van der Waals surface area contributed by atoms with Gasteiger partial charge in [0.15, 0.2) is 0 Å². The number of nitrogens with two attached hydrogens (primary N) is 1.